The molecule has 0 amide bonds. The summed E-state index contributed by atoms with van der Waals surface area (Å²) in [6.45, 7) is 1.40. The second-order valence-electron chi connectivity index (χ2n) is 6.97. The monoisotopic (exact) mass is 356 g/mol. The first-order valence-electron chi connectivity index (χ1n) is 8.84. The van der Waals surface area contributed by atoms with Crippen molar-refractivity contribution in [1.82, 2.24) is 9.97 Å². The van der Waals surface area contributed by atoms with Crippen molar-refractivity contribution in [3.63, 3.8) is 0 Å². The number of ether oxygens (including phenoxy) is 3. The number of anilines is 1. The maximum absolute atomic E-state index is 5.95. The second kappa shape index (κ2) is 7.09. The van der Waals surface area contributed by atoms with Gasteiger partial charge in [-0.1, -0.05) is 6.07 Å². The summed E-state index contributed by atoms with van der Waals surface area (Å²) in [6.07, 6.45) is 1.96. The van der Waals surface area contributed by atoms with E-state index in [-0.39, 0.29) is 12.8 Å². The summed E-state index contributed by atoms with van der Waals surface area (Å²) in [5, 5.41) is 0. The molecular formula is C19H24N4O3. The van der Waals surface area contributed by atoms with Gasteiger partial charge < -0.3 is 24.8 Å². The predicted molar refractivity (Wildman–Crippen MR) is 97.4 cm³/mol. The van der Waals surface area contributed by atoms with Crippen molar-refractivity contribution in [2.24, 2.45) is 5.73 Å². The number of rotatable bonds is 6. The molecule has 2 aliphatic rings. The Morgan fingerprint density at radius 1 is 1.19 bits per heavy atom. The molecule has 26 heavy (non-hydrogen) atoms. The first-order chi connectivity index (χ1) is 12.6. The lowest BCUT2D eigenvalue weighted by Crippen LogP contribution is -2.35. The van der Waals surface area contributed by atoms with Crippen LogP contribution in [0.2, 0.25) is 0 Å². The van der Waals surface area contributed by atoms with Crippen LogP contribution in [0.4, 0.5) is 5.82 Å². The average Bonchev–Trinajstić information content (AvgIpc) is 3.06. The molecule has 0 spiro atoms. The molecule has 0 saturated heterocycles. The van der Waals surface area contributed by atoms with E-state index in [4.69, 9.17) is 19.9 Å². The fraction of sp³-hybridized carbons (Fsp3) is 0.474. The Balaban J connectivity index is 1.55. The van der Waals surface area contributed by atoms with Crippen molar-refractivity contribution in [3.8, 4) is 11.5 Å². The molecular weight excluding hydrogens is 332 g/mol. The summed E-state index contributed by atoms with van der Waals surface area (Å²) in [4.78, 5) is 11.4. The molecule has 0 unspecified atom stereocenters. The quantitative estimate of drug-likeness (QED) is 0.849. The van der Waals surface area contributed by atoms with E-state index in [1.165, 1.54) is 0 Å². The lowest BCUT2D eigenvalue weighted by molar-refractivity contribution is 0.174. The van der Waals surface area contributed by atoms with Crippen molar-refractivity contribution in [2.75, 3.05) is 25.9 Å². The summed E-state index contributed by atoms with van der Waals surface area (Å²) in [6, 6.07) is 8.37. The van der Waals surface area contributed by atoms with E-state index in [1.54, 1.807) is 7.11 Å². The Hall–Kier alpha value is -2.38. The summed E-state index contributed by atoms with van der Waals surface area (Å²) < 4.78 is 16.1. The van der Waals surface area contributed by atoms with Crippen LogP contribution < -0.4 is 20.1 Å². The van der Waals surface area contributed by atoms with E-state index in [0.717, 1.165) is 41.4 Å². The first-order valence-corrected chi connectivity index (χ1v) is 8.84. The van der Waals surface area contributed by atoms with Gasteiger partial charge in [0.2, 0.25) is 6.79 Å². The molecule has 4 rings (SSSR count). The minimum atomic E-state index is 0.286. The summed E-state index contributed by atoms with van der Waals surface area (Å²) >= 11 is 0. The van der Waals surface area contributed by atoms with Gasteiger partial charge >= 0.3 is 0 Å². The van der Waals surface area contributed by atoms with Crippen LogP contribution in [0.3, 0.4) is 0 Å². The highest BCUT2D eigenvalue weighted by Crippen LogP contribution is 2.36. The Bertz CT molecular complexity index is 792. The van der Waals surface area contributed by atoms with Gasteiger partial charge in [0, 0.05) is 44.4 Å². The number of nitrogens with two attached hydrogens (primary N) is 1. The molecule has 1 aromatic heterocycles. The SMILES string of the molecule is COCc1nc(C2CC(N)C2)cc(N(C)Cc2ccc3c(c2)OCO3)n1. The Labute approximate surface area is 153 Å². The fourth-order valence-corrected chi connectivity index (χ4v) is 3.40. The normalized spacial score (nSPS) is 20.7. The van der Waals surface area contributed by atoms with Crippen LogP contribution in [0.1, 0.15) is 35.8 Å². The summed E-state index contributed by atoms with van der Waals surface area (Å²) in [7, 11) is 3.69. The number of aromatic nitrogens is 2. The third-order valence-electron chi connectivity index (χ3n) is 4.89. The average molecular weight is 356 g/mol. The lowest BCUT2D eigenvalue weighted by Gasteiger charge is -2.32. The maximum Gasteiger partial charge on any atom is 0.231 e. The zero-order chi connectivity index (χ0) is 18.1. The Kier molecular flexibility index (Phi) is 4.65. The van der Waals surface area contributed by atoms with E-state index in [0.29, 0.717) is 24.9 Å². The van der Waals surface area contributed by atoms with E-state index >= 15 is 0 Å². The zero-order valence-electron chi connectivity index (χ0n) is 15.1. The molecule has 0 bridgehead atoms. The molecule has 1 aliphatic carbocycles. The molecule has 2 N–H and O–H groups in total. The van der Waals surface area contributed by atoms with E-state index in [9.17, 15) is 0 Å². The highest BCUT2D eigenvalue weighted by Gasteiger charge is 2.29. The van der Waals surface area contributed by atoms with Gasteiger partial charge in [-0.15, -0.1) is 0 Å². The number of nitrogens with zero attached hydrogens (tertiary/aromatic N) is 3. The van der Waals surface area contributed by atoms with Gasteiger partial charge in [-0.2, -0.15) is 0 Å². The van der Waals surface area contributed by atoms with Gasteiger partial charge in [0.1, 0.15) is 12.4 Å². The molecule has 7 nitrogen and oxygen atoms in total. The molecule has 1 saturated carbocycles. The van der Waals surface area contributed by atoms with Crippen LogP contribution in [-0.4, -0.2) is 37.0 Å². The fourth-order valence-electron chi connectivity index (χ4n) is 3.40. The van der Waals surface area contributed by atoms with Crippen LogP contribution in [0, 0.1) is 0 Å². The Morgan fingerprint density at radius 2 is 2.00 bits per heavy atom. The van der Waals surface area contributed by atoms with Gasteiger partial charge in [0.15, 0.2) is 17.3 Å². The van der Waals surface area contributed by atoms with E-state index < -0.39 is 0 Å². The lowest BCUT2D eigenvalue weighted by atomic mass is 9.78. The number of hydrogen-bond acceptors (Lipinski definition) is 7. The molecule has 0 radical (unpaired) electrons. The molecule has 0 atom stereocenters. The highest BCUT2D eigenvalue weighted by atomic mass is 16.7. The largest absolute Gasteiger partial charge is 0.454 e. The molecule has 138 valence electrons. The number of benzene rings is 1. The van der Waals surface area contributed by atoms with Crippen molar-refractivity contribution in [3.05, 3.63) is 41.3 Å². The minimum Gasteiger partial charge on any atom is -0.454 e. The van der Waals surface area contributed by atoms with Gasteiger partial charge in [0.25, 0.3) is 0 Å². The molecule has 2 aromatic rings. The van der Waals surface area contributed by atoms with Crippen LogP contribution in [0.15, 0.2) is 24.3 Å². The van der Waals surface area contributed by atoms with Gasteiger partial charge in [-0.3, -0.25) is 0 Å². The van der Waals surface area contributed by atoms with Crippen LogP contribution in [-0.2, 0) is 17.9 Å². The maximum atomic E-state index is 5.95. The minimum absolute atomic E-state index is 0.286. The molecule has 1 aliphatic heterocycles. The van der Waals surface area contributed by atoms with E-state index in [2.05, 4.69) is 20.9 Å². The summed E-state index contributed by atoms with van der Waals surface area (Å²) in [5.74, 6) is 3.60. The molecule has 7 heteroatoms. The van der Waals surface area contributed by atoms with Crippen molar-refractivity contribution in [1.29, 1.82) is 0 Å². The first kappa shape index (κ1) is 17.1. The van der Waals surface area contributed by atoms with Gasteiger partial charge in [-0.25, -0.2) is 9.97 Å². The third kappa shape index (κ3) is 3.45. The highest BCUT2D eigenvalue weighted by molar-refractivity contribution is 5.47. The van der Waals surface area contributed by atoms with Gasteiger partial charge in [0.05, 0.1) is 0 Å². The third-order valence-corrected chi connectivity index (χ3v) is 4.89. The Morgan fingerprint density at radius 3 is 2.77 bits per heavy atom. The van der Waals surface area contributed by atoms with E-state index in [1.807, 2.05) is 25.2 Å². The summed E-state index contributed by atoms with van der Waals surface area (Å²) in [5.41, 5.74) is 8.14. The van der Waals surface area contributed by atoms with Crippen LogP contribution in [0.5, 0.6) is 11.5 Å². The van der Waals surface area contributed by atoms with Crippen LogP contribution >= 0.6 is 0 Å². The predicted octanol–water partition coefficient (Wildman–Crippen LogP) is 2.19. The van der Waals surface area contributed by atoms with Crippen molar-refractivity contribution in [2.45, 2.75) is 38.0 Å². The van der Waals surface area contributed by atoms with Crippen molar-refractivity contribution >= 4 is 5.82 Å². The number of fused-ring (bicyclic) bond motifs is 1. The van der Waals surface area contributed by atoms with Gasteiger partial charge in [-0.05, 0) is 30.5 Å². The van der Waals surface area contributed by atoms with Crippen LogP contribution in [0.25, 0.3) is 0 Å². The number of methoxy groups -OCH3 is 1. The zero-order valence-corrected chi connectivity index (χ0v) is 15.1. The molecule has 1 aromatic carbocycles. The topological polar surface area (TPSA) is 82.7 Å². The van der Waals surface area contributed by atoms with Crippen molar-refractivity contribution < 1.29 is 14.2 Å². The molecule has 2 heterocycles. The number of hydrogen-bond donors (Lipinski definition) is 1. The smallest absolute Gasteiger partial charge is 0.231 e. The standard InChI is InChI=1S/C19H24N4O3/c1-23(9-12-3-4-16-17(5-12)26-11-25-16)19-8-15(13-6-14(20)7-13)21-18(22-19)10-24-2/h3-5,8,13-14H,6-7,9-11,20H2,1-2H3. The molecule has 1 fully saturated rings. The second-order valence-corrected chi connectivity index (χ2v) is 6.97.